The minimum absolute atomic E-state index is 0.212. The average molecular weight is 203 g/mol. The first kappa shape index (κ1) is 13.4. The predicted molar refractivity (Wildman–Crippen MR) is 54.9 cm³/mol. The molecule has 0 aromatic rings. The highest BCUT2D eigenvalue weighted by molar-refractivity contribution is 5.70. The highest BCUT2D eigenvalue weighted by Gasteiger charge is 2.15. The molecule has 0 saturated carbocycles. The Balaban J connectivity index is 3.65. The number of esters is 1. The first-order chi connectivity index (χ1) is 6.35. The summed E-state index contributed by atoms with van der Waals surface area (Å²) < 4.78 is 10.2. The summed E-state index contributed by atoms with van der Waals surface area (Å²) in [7, 11) is 0. The van der Waals surface area contributed by atoms with E-state index in [1.165, 1.54) is 0 Å². The molecule has 2 N–H and O–H groups in total. The number of nitrogens with two attached hydrogens (primary N) is 1. The minimum atomic E-state index is -0.284. The normalized spacial score (nSPS) is 13.8. The highest BCUT2D eigenvalue weighted by Crippen LogP contribution is 2.07. The molecule has 1 atom stereocenters. The second-order valence-corrected chi connectivity index (χ2v) is 4.19. The van der Waals surface area contributed by atoms with E-state index < -0.39 is 0 Å². The lowest BCUT2D eigenvalue weighted by atomic mass is 10.2. The number of ether oxygens (including phenoxy) is 2. The van der Waals surface area contributed by atoms with Gasteiger partial charge in [0.05, 0.1) is 25.2 Å². The van der Waals surface area contributed by atoms with Crippen LogP contribution in [0.4, 0.5) is 0 Å². The fraction of sp³-hybridized carbons (Fsp3) is 0.900. The Morgan fingerprint density at radius 2 is 2.00 bits per heavy atom. The summed E-state index contributed by atoms with van der Waals surface area (Å²) in [6, 6.07) is -0.284. The lowest BCUT2D eigenvalue weighted by Gasteiger charge is -2.22. The van der Waals surface area contributed by atoms with Gasteiger partial charge in [-0.15, -0.1) is 0 Å². The molecule has 0 aromatic carbocycles. The van der Waals surface area contributed by atoms with Crippen LogP contribution in [0, 0.1) is 0 Å². The van der Waals surface area contributed by atoms with Crippen molar-refractivity contribution >= 4 is 5.97 Å². The van der Waals surface area contributed by atoms with Gasteiger partial charge >= 0.3 is 5.97 Å². The number of rotatable bonds is 5. The zero-order chi connectivity index (χ0) is 11.2. The van der Waals surface area contributed by atoms with Crippen LogP contribution >= 0.6 is 0 Å². The molecule has 0 radical (unpaired) electrons. The van der Waals surface area contributed by atoms with E-state index in [9.17, 15) is 4.79 Å². The van der Waals surface area contributed by atoms with E-state index in [1.807, 2.05) is 20.8 Å². The van der Waals surface area contributed by atoms with Crippen LogP contribution in [-0.2, 0) is 14.3 Å². The standard InChI is InChI=1S/C10H21NO3/c1-5-13-9(12)6-8(11)7-14-10(2,3)4/h8H,5-7,11H2,1-4H3/t8-/m1/s1. The molecule has 0 heterocycles. The number of hydrogen-bond acceptors (Lipinski definition) is 4. The zero-order valence-corrected chi connectivity index (χ0v) is 9.50. The van der Waals surface area contributed by atoms with E-state index in [4.69, 9.17) is 15.2 Å². The largest absolute Gasteiger partial charge is 0.466 e. The highest BCUT2D eigenvalue weighted by atomic mass is 16.5. The second-order valence-electron chi connectivity index (χ2n) is 4.19. The molecule has 0 aliphatic carbocycles. The Labute approximate surface area is 85.8 Å². The number of carbonyl (C=O) groups excluding carboxylic acids is 1. The van der Waals surface area contributed by atoms with Gasteiger partial charge in [0.25, 0.3) is 0 Å². The van der Waals surface area contributed by atoms with Gasteiger partial charge in [-0.05, 0) is 27.7 Å². The SMILES string of the molecule is CCOC(=O)C[C@@H](N)COC(C)(C)C. The molecule has 4 nitrogen and oxygen atoms in total. The van der Waals surface area contributed by atoms with Gasteiger partial charge in [0.15, 0.2) is 0 Å². The quantitative estimate of drug-likeness (QED) is 0.679. The summed E-state index contributed by atoms with van der Waals surface area (Å²) in [5, 5.41) is 0. The van der Waals surface area contributed by atoms with Crippen molar-refractivity contribution in [3.8, 4) is 0 Å². The van der Waals surface area contributed by atoms with Crippen LogP contribution in [0.15, 0.2) is 0 Å². The second kappa shape index (κ2) is 5.98. The van der Waals surface area contributed by atoms with Crippen molar-refractivity contribution in [3.05, 3.63) is 0 Å². The fourth-order valence-corrected chi connectivity index (χ4v) is 0.850. The van der Waals surface area contributed by atoms with Crippen LogP contribution in [0.3, 0.4) is 0 Å². The molecule has 0 amide bonds. The van der Waals surface area contributed by atoms with Crippen molar-refractivity contribution in [2.24, 2.45) is 5.73 Å². The third-order valence-corrected chi connectivity index (χ3v) is 1.46. The fourth-order valence-electron chi connectivity index (χ4n) is 0.850. The summed E-state index contributed by atoms with van der Waals surface area (Å²) in [5.74, 6) is -0.266. The molecule has 0 unspecified atom stereocenters. The molecule has 4 heteroatoms. The van der Waals surface area contributed by atoms with Gasteiger partial charge in [-0.25, -0.2) is 0 Å². The monoisotopic (exact) mass is 203 g/mol. The van der Waals surface area contributed by atoms with E-state index in [-0.39, 0.29) is 24.0 Å². The molecule has 0 rings (SSSR count). The molecule has 14 heavy (non-hydrogen) atoms. The summed E-state index contributed by atoms with van der Waals surface area (Å²) in [6.07, 6.45) is 0.212. The smallest absolute Gasteiger partial charge is 0.307 e. The minimum Gasteiger partial charge on any atom is -0.466 e. The van der Waals surface area contributed by atoms with Crippen LogP contribution in [0.2, 0.25) is 0 Å². The van der Waals surface area contributed by atoms with E-state index in [1.54, 1.807) is 6.92 Å². The maximum Gasteiger partial charge on any atom is 0.307 e. The third kappa shape index (κ3) is 8.01. The van der Waals surface area contributed by atoms with Crippen LogP contribution in [0.5, 0.6) is 0 Å². The molecule has 0 fully saturated rings. The van der Waals surface area contributed by atoms with Gasteiger partial charge in [0.1, 0.15) is 0 Å². The van der Waals surface area contributed by atoms with Gasteiger partial charge in [0, 0.05) is 6.04 Å². The van der Waals surface area contributed by atoms with E-state index >= 15 is 0 Å². The Morgan fingerprint density at radius 3 is 2.43 bits per heavy atom. The van der Waals surface area contributed by atoms with Gasteiger partial charge in [0.2, 0.25) is 0 Å². The maximum atomic E-state index is 11.0. The van der Waals surface area contributed by atoms with Gasteiger partial charge in [-0.2, -0.15) is 0 Å². The van der Waals surface area contributed by atoms with Gasteiger partial charge in [-0.3, -0.25) is 4.79 Å². The lowest BCUT2D eigenvalue weighted by molar-refractivity contribution is -0.144. The van der Waals surface area contributed by atoms with Crippen LogP contribution in [-0.4, -0.2) is 30.8 Å². The van der Waals surface area contributed by atoms with Gasteiger partial charge in [-0.1, -0.05) is 0 Å². The Bertz CT molecular complexity index is 175. The number of carbonyl (C=O) groups is 1. The molecule has 0 spiro atoms. The molecule has 0 saturated heterocycles. The predicted octanol–water partition coefficient (Wildman–Crippen LogP) is 1.08. The molecule has 0 aromatic heterocycles. The van der Waals surface area contributed by atoms with Crippen LogP contribution < -0.4 is 5.73 Å². The van der Waals surface area contributed by atoms with Crippen molar-refractivity contribution in [1.29, 1.82) is 0 Å². The molecular weight excluding hydrogens is 182 g/mol. The maximum absolute atomic E-state index is 11.0. The molecule has 0 bridgehead atoms. The Morgan fingerprint density at radius 1 is 1.43 bits per heavy atom. The van der Waals surface area contributed by atoms with Crippen molar-refractivity contribution in [3.63, 3.8) is 0 Å². The molecule has 0 aliphatic heterocycles. The van der Waals surface area contributed by atoms with E-state index in [0.717, 1.165) is 0 Å². The summed E-state index contributed by atoms with van der Waals surface area (Å²) >= 11 is 0. The number of hydrogen-bond donors (Lipinski definition) is 1. The average Bonchev–Trinajstić information content (AvgIpc) is 2.00. The van der Waals surface area contributed by atoms with E-state index in [2.05, 4.69) is 0 Å². The summed E-state index contributed by atoms with van der Waals surface area (Å²) in [6.45, 7) is 8.39. The molecule has 0 aliphatic rings. The Kier molecular flexibility index (Phi) is 5.72. The summed E-state index contributed by atoms with van der Waals surface area (Å²) in [4.78, 5) is 11.0. The van der Waals surface area contributed by atoms with Crippen molar-refractivity contribution in [1.82, 2.24) is 0 Å². The van der Waals surface area contributed by atoms with Crippen LogP contribution in [0.25, 0.3) is 0 Å². The lowest BCUT2D eigenvalue weighted by Crippen LogP contribution is -2.34. The van der Waals surface area contributed by atoms with Gasteiger partial charge < -0.3 is 15.2 Å². The zero-order valence-electron chi connectivity index (χ0n) is 9.50. The van der Waals surface area contributed by atoms with Crippen molar-refractivity contribution < 1.29 is 14.3 Å². The van der Waals surface area contributed by atoms with E-state index in [0.29, 0.717) is 13.2 Å². The van der Waals surface area contributed by atoms with Crippen LogP contribution in [0.1, 0.15) is 34.1 Å². The molecule has 84 valence electrons. The Hall–Kier alpha value is -0.610. The summed E-state index contributed by atoms with van der Waals surface area (Å²) in [5.41, 5.74) is 5.47. The first-order valence-electron chi connectivity index (χ1n) is 4.90. The first-order valence-corrected chi connectivity index (χ1v) is 4.90. The van der Waals surface area contributed by atoms with Crippen molar-refractivity contribution in [2.75, 3.05) is 13.2 Å². The third-order valence-electron chi connectivity index (χ3n) is 1.46. The molecular formula is C10H21NO3. The van der Waals surface area contributed by atoms with Crippen molar-refractivity contribution in [2.45, 2.75) is 45.8 Å². The topological polar surface area (TPSA) is 61.5 Å².